The predicted octanol–water partition coefficient (Wildman–Crippen LogP) is 1.57. The monoisotopic (exact) mass is 233 g/mol. The number of ether oxygens (including phenoxy) is 3. The number of nitrogens with two attached hydrogens (primary N) is 1. The summed E-state index contributed by atoms with van der Waals surface area (Å²) in [6.45, 7) is 5.53. The molecule has 0 saturated carbocycles. The fourth-order valence-corrected chi connectivity index (χ4v) is 1.43. The maximum atomic E-state index is 5.89. The first-order chi connectivity index (χ1) is 7.81. The van der Waals surface area contributed by atoms with Gasteiger partial charge in [-0.2, -0.15) is 0 Å². The summed E-state index contributed by atoms with van der Waals surface area (Å²) >= 11 is 0. The summed E-state index contributed by atoms with van der Waals surface area (Å²) < 4.78 is 15.5. The van der Waals surface area contributed by atoms with Crippen LogP contribution in [0.2, 0.25) is 0 Å². The lowest BCUT2D eigenvalue weighted by Gasteiger charge is -2.10. The first-order valence-corrected chi connectivity index (χ1v) is 6.21. The van der Waals surface area contributed by atoms with Crippen LogP contribution in [0.3, 0.4) is 0 Å². The Morgan fingerprint density at radius 2 is 1.56 bits per heavy atom. The fraction of sp³-hybridized carbons (Fsp3) is 1.00. The normalized spacial score (nSPS) is 12.9. The molecule has 0 bridgehead atoms. The summed E-state index contributed by atoms with van der Waals surface area (Å²) in [5.41, 5.74) is 5.89. The Morgan fingerprint density at radius 1 is 0.938 bits per heavy atom. The van der Waals surface area contributed by atoms with Gasteiger partial charge >= 0.3 is 0 Å². The smallest absolute Gasteiger partial charge is 0.0701 e. The van der Waals surface area contributed by atoms with Crippen LogP contribution in [0.4, 0.5) is 0 Å². The molecule has 0 heterocycles. The maximum Gasteiger partial charge on any atom is 0.0701 e. The lowest BCUT2D eigenvalue weighted by Crippen LogP contribution is -2.20. The van der Waals surface area contributed by atoms with Gasteiger partial charge in [-0.1, -0.05) is 13.3 Å². The standard InChI is InChI=1S/C12H27NO3/c1-3-5-12(13)6-4-7-15-10-11-16-9-8-14-2/h12H,3-11,13H2,1-2H3. The van der Waals surface area contributed by atoms with Crippen molar-refractivity contribution >= 4 is 0 Å². The summed E-state index contributed by atoms with van der Waals surface area (Å²) in [6.07, 6.45) is 4.37. The molecule has 0 aromatic heterocycles. The van der Waals surface area contributed by atoms with E-state index in [0.29, 0.717) is 32.5 Å². The van der Waals surface area contributed by atoms with Crippen LogP contribution < -0.4 is 5.73 Å². The summed E-state index contributed by atoms with van der Waals surface area (Å²) in [6, 6.07) is 0.339. The SMILES string of the molecule is CCCC(N)CCCOCCOCCOC. The molecule has 98 valence electrons. The number of methoxy groups -OCH3 is 1. The highest BCUT2D eigenvalue weighted by molar-refractivity contribution is 4.59. The molecular weight excluding hydrogens is 206 g/mol. The maximum absolute atomic E-state index is 5.89. The summed E-state index contributed by atoms with van der Waals surface area (Å²) in [5.74, 6) is 0. The third-order valence-corrected chi connectivity index (χ3v) is 2.33. The molecule has 0 aliphatic rings. The van der Waals surface area contributed by atoms with E-state index in [9.17, 15) is 0 Å². The van der Waals surface area contributed by atoms with Crippen LogP contribution in [-0.4, -0.2) is 46.2 Å². The van der Waals surface area contributed by atoms with E-state index in [1.54, 1.807) is 7.11 Å². The highest BCUT2D eigenvalue weighted by Crippen LogP contribution is 2.01. The summed E-state index contributed by atoms with van der Waals surface area (Å²) in [5, 5.41) is 0. The van der Waals surface area contributed by atoms with Gasteiger partial charge in [0.2, 0.25) is 0 Å². The molecule has 0 radical (unpaired) electrons. The first kappa shape index (κ1) is 15.8. The van der Waals surface area contributed by atoms with Gasteiger partial charge in [0, 0.05) is 19.8 Å². The van der Waals surface area contributed by atoms with E-state index in [1.165, 1.54) is 0 Å². The molecule has 0 amide bonds. The van der Waals surface area contributed by atoms with E-state index in [-0.39, 0.29) is 0 Å². The second kappa shape index (κ2) is 12.9. The summed E-state index contributed by atoms with van der Waals surface area (Å²) in [7, 11) is 1.67. The van der Waals surface area contributed by atoms with E-state index in [2.05, 4.69) is 6.92 Å². The molecule has 2 N–H and O–H groups in total. The van der Waals surface area contributed by atoms with Crippen molar-refractivity contribution < 1.29 is 14.2 Å². The zero-order valence-electron chi connectivity index (χ0n) is 10.7. The molecule has 0 aliphatic heterocycles. The third-order valence-electron chi connectivity index (χ3n) is 2.33. The van der Waals surface area contributed by atoms with Gasteiger partial charge < -0.3 is 19.9 Å². The van der Waals surface area contributed by atoms with Gasteiger partial charge in [-0.05, 0) is 19.3 Å². The molecular formula is C12H27NO3. The van der Waals surface area contributed by atoms with Crippen molar-refractivity contribution in [2.45, 2.75) is 38.6 Å². The van der Waals surface area contributed by atoms with Crippen molar-refractivity contribution in [3.8, 4) is 0 Å². The largest absolute Gasteiger partial charge is 0.382 e. The van der Waals surface area contributed by atoms with Gasteiger partial charge in [0.05, 0.1) is 26.4 Å². The van der Waals surface area contributed by atoms with Crippen LogP contribution in [0.15, 0.2) is 0 Å². The van der Waals surface area contributed by atoms with Gasteiger partial charge in [-0.25, -0.2) is 0 Å². The minimum absolute atomic E-state index is 0.339. The van der Waals surface area contributed by atoms with Crippen LogP contribution in [0.1, 0.15) is 32.6 Å². The molecule has 0 rings (SSSR count). The molecule has 4 nitrogen and oxygen atoms in total. The zero-order valence-corrected chi connectivity index (χ0v) is 10.7. The molecule has 0 fully saturated rings. The first-order valence-electron chi connectivity index (χ1n) is 6.21. The van der Waals surface area contributed by atoms with Crippen molar-refractivity contribution in [1.82, 2.24) is 0 Å². The second-order valence-electron chi connectivity index (χ2n) is 3.91. The molecule has 0 aromatic rings. The van der Waals surface area contributed by atoms with Gasteiger partial charge in [0.25, 0.3) is 0 Å². The van der Waals surface area contributed by atoms with Crippen LogP contribution in [0, 0.1) is 0 Å². The van der Waals surface area contributed by atoms with Gasteiger partial charge in [-0.15, -0.1) is 0 Å². The number of hydrogen-bond donors (Lipinski definition) is 1. The average molecular weight is 233 g/mol. The van der Waals surface area contributed by atoms with Crippen molar-refractivity contribution in [2.24, 2.45) is 5.73 Å². The quantitative estimate of drug-likeness (QED) is 0.520. The van der Waals surface area contributed by atoms with Gasteiger partial charge in [0.15, 0.2) is 0 Å². The average Bonchev–Trinajstić information content (AvgIpc) is 2.27. The van der Waals surface area contributed by atoms with Crippen molar-refractivity contribution in [3.63, 3.8) is 0 Å². The van der Waals surface area contributed by atoms with E-state index in [0.717, 1.165) is 32.3 Å². The van der Waals surface area contributed by atoms with Crippen LogP contribution in [0.25, 0.3) is 0 Å². The second-order valence-corrected chi connectivity index (χ2v) is 3.91. The van der Waals surface area contributed by atoms with Gasteiger partial charge in [0.1, 0.15) is 0 Å². The number of rotatable bonds is 12. The van der Waals surface area contributed by atoms with Crippen LogP contribution >= 0.6 is 0 Å². The van der Waals surface area contributed by atoms with Crippen molar-refractivity contribution in [3.05, 3.63) is 0 Å². The Kier molecular flexibility index (Phi) is 12.8. The molecule has 0 aromatic carbocycles. The zero-order chi connectivity index (χ0) is 12.1. The molecule has 0 saturated heterocycles. The molecule has 0 aliphatic carbocycles. The van der Waals surface area contributed by atoms with E-state index >= 15 is 0 Å². The molecule has 1 unspecified atom stereocenters. The Labute approximate surface area is 99.4 Å². The molecule has 4 heteroatoms. The lowest BCUT2D eigenvalue weighted by molar-refractivity contribution is 0.0238. The highest BCUT2D eigenvalue weighted by Gasteiger charge is 2.00. The summed E-state index contributed by atoms with van der Waals surface area (Å²) in [4.78, 5) is 0. The topological polar surface area (TPSA) is 53.7 Å². The van der Waals surface area contributed by atoms with Crippen molar-refractivity contribution in [2.75, 3.05) is 40.1 Å². The molecule has 0 spiro atoms. The van der Waals surface area contributed by atoms with Gasteiger partial charge in [-0.3, -0.25) is 0 Å². The van der Waals surface area contributed by atoms with E-state index < -0.39 is 0 Å². The van der Waals surface area contributed by atoms with E-state index in [1.807, 2.05) is 0 Å². The fourth-order valence-electron chi connectivity index (χ4n) is 1.43. The third kappa shape index (κ3) is 11.9. The molecule has 16 heavy (non-hydrogen) atoms. The van der Waals surface area contributed by atoms with E-state index in [4.69, 9.17) is 19.9 Å². The number of hydrogen-bond acceptors (Lipinski definition) is 4. The lowest BCUT2D eigenvalue weighted by atomic mass is 10.1. The predicted molar refractivity (Wildman–Crippen MR) is 65.6 cm³/mol. The van der Waals surface area contributed by atoms with Crippen LogP contribution in [-0.2, 0) is 14.2 Å². The molecule has 1 atom stereocenters. The Morgan fingerprint density at radius 3 is 2.19 bits per heavy atom. The van der Waals surface area contributed by atoms with Crippen molar-refractivity contribution in [1.29, 1.82) is 0 Å². The highest BCUT2D eigenvalue weighted by atomic mass is 16.5. The minimum Gasteiger partial charge on any atom is -0.382 e. The Balaban J connectivity index is 2.98. The Bertz CT molecular complexity index is 133. The Hall–Kier alpha value is -0.160. The van der Waals surface area contributed by atoms with Crippen LogP contribution in [0.5, 0.6) is 0 Å². The minimum atomic E-state index is 0.339.